The second-order valence-corrected chi connectivity index (χ2v) is 4.63. The van der Waals surface area contributed by atoms with Gasteiger partial charge in [-0.3, -0.25) is 0 Å². The molecular formula is C15H21N3O. The standard InChI is InChI=1S/C15H21N3O/c1-3-5-6-9-19-15-12-10-11(16)7-8-13(12)17-14(4-2)18-15/h7-8,10H,3-6,9,16H2,1-2H3. The number of nitrogens with two attached hydrogens (primary N) is 1. The second kappa shape index (κ2) is 6.36. The van der Waals surface area contributed by atoms with Crippen LogP contribution in [-0.2, 0) is 6.42 Å². The number of nitrogens with zero attached hydrogens (tertiary/aromatic N) is 2. The van der Waals surface area contributed by atoms with Crippen LogP contribution in [0.25, 0.3) is 10.9 Å². The van der Waals surface area contributed by atoms with E-state index in [9.17, 15) is 0 Å². The van der Waals surface area contributed by atoms with E-state index in [0.29, 0.717) is 18.2 Å². The summed E-state index contributed by atoms with van der Waals surface area (Å²) in [6.45, 7) is 4.91. The number of aryl methyl sites for hydroxylation is 1. The fourth-order valence-corrected chi connectivity index (χ4v) is 1.95. The summed E-state index contributed by atoms with van der Waals surface area (Å²) in [5.74, 6) is 1.47. The van der Waals surface area contributed by atoms with Crippen LogP contribution in [0.4, 0.5) is 5.69 Å². The van der Waals surface area contributed by atoms with Gasteiger partial charge in [0.05, 0.1) is 17.5 Å². The van der Waals surface area contributed by atoms with Gasteiger partial charge in [0.2, 0.25) is 5.88 Å². The summed E-state index contributed by atoms with van der Waals surface area (Å²) in [5.41, 5.74) is 7.43. The number of nitrogen functional groups attached to an aromatic ring is 1. The fraction of sp³-hybridized carbons (Fsp3) is 0.467. The van der Waals surface area contributed by atoms with E-state index in [2.05, 4.69) is 16.9 Å². The number of fused-ring (bicyclic) bond motifs is 1. The third-order valence-corrected chi connectivity index (χ3v) is 3.03. The Balaban J connectivity index is 2.30. The van der Waals surface area contributed by atoms with Crippen molar-refractivity contribution in [2.45, 2.75) is 39.5 Å². The summed E-state index contributed by atoms with van der Waals surface area (Å²) in [6, 6.07) is 5.66. The second-order valence-electron chi connectivity index (χ2n) is 4.63. The topological polar surface area (TPSA) is 61.0 Å². The van der Waals surface area contributed by atoms with Gasteiger partial charge in [-0.05, 0) is 24.6 Å². The minimum atomic E-state index is 0.658. The highest BCUT2D eigenvalue weighted by Crippen LogP contribution is 2.25. The molecule has 1 heterocycles. The lowest BCUT2D eigenvalue weighted by Crippen LogP contribution is -2.03. The summed E-state index contributed by atoms with van der Waals surface area (Å²) in [6.07, 6.45) is 4.20. The Morgan fingerprint density at radius 1 is 1.16 bits per heavy atom. The number of unbranched alkanes of at least 4 members (excludes halogenated alkanes) is 2. The van der Waals surface area contributed by atoms with E-state index < -0.39 is 0 Å². The molecule has 0 amide bonds. The first-order valence-electron chi connectivity index (χ1n) is 6.93. The van der Waals surface area contributed by atoms with E-state index in [1.807, 2.05) is 25.1 Å². The number of rotatable bonds is 6. The van der Waals surface area contributed by atoms with Crippen molar-refractivity contribution < 1.29 is 4.74 Å². The summed E-state index contributed by atoms with van der Waals surface area (Å²) >= 11 is 0. The molecule has 2 N–H and O–H groups in total. The van der Waals surface area contributed by atoms with Crippen LogP contribution >= 0.6 is 0 Å². The molecule has 0 spiro atoms. The van der Waals surface area contributed by atoms with Crippen LogP contribution in [0.5, 0.6) is 5.88 Å². The smallest absolute Gasteiger partial charge is 0.224 e. The predicted molar refractivity (Wildman–Crippen MR) is 78.3 cm³/mol. The average Bonchev–Trinajstić information content (AvgIpc) is 2.43. The van der Waals surface area contributed by atoms with Gasteiger partial charge in [0.25, 0.3) is 0 Å². The van der Waals surface area contributed by atoms with Crippen molar-refractivity contribution in [3.05, 3.63) is 24.0 Å². The maximum Gasteiger partial charge on any atom is 0.224 e. The number of ether oxygens (including phenoxy) is 1. The Morgan fingerprint density at radius 2 is 2.00 bits per heavy atom. The van der Waals surface area contributed by atoms with Crippen molar-refractivity contribution in [1.29, 1.82) is 0 Å². The zero-order valence-electron chi connectivity index (χ0n) is 11.6. The lowest BCUT2D eigenvalue weighted by Gasteiger charge is -2.10. The first-order valence-corrected chi connectivity index (χ1v) is 6.93. The summed E-state index contributed by atoms with van der Waals surface area (Å²) in [7, 11) is 0. The molecule has 2 rings (SSSR count). The van der Waals surface area contributed by atoms with Crippen LogP contribution in [0.1, 0.15) is 38.9 Å². The molecule has 102 valence electrons. The Kier molecular flexibility index (Phi) is 4.55. The van der Waals surface area contributed by atoms with E-state index in [4.69, 9.17) is 10.5 Å². The highest BCUT2D eigenvalue weighted by molar-refractivity contribution is 5.86. The van der Waals surface area contributed by atoms with Gasteiger partial charge < -0.3 is 10.5 Å². The lowest BCUT2D eigenvalue weighted by molar-refractivity contribution is 0.297. The summed E-state index contributed by atoms with van der Waals surface area (Å²) in [4.78, 5) is 8.96. The molecule has 0 saturated heterocycles. The average molecular weight is 259 g/mol. The third kappa shape index (κ3) is 3.34. The monoisotopic (exact) mass is 259 g/mol. The van der Waals surface area contributed by atoms with Gasteiger partial charge in [-0.2, -0.15) is 4.98 Å². The van der Waals surface area contributed by atoms with E-state index in [1.54, 1.807) is 0 Å². The van der Waals surface area contributed by atoms with Crippen molar-refractivity contribution in [2.24, 2.45) is 0 Å². The molecule has 4 nitrogen and oxygen atoms in total. The van der Waals surface area contributed by atoms with Crippen LogP contribution in [0, 0.1) is 0 Å². The van der Waals surface area contributed by atoms with E-state index in [0.717, 1.165) is 29.6 Å². The van der Waals surface area contributed by atoms with Crippen molar-refractivity contribution in [2.75, 3.05) is 12.3 Å². The van der Waals surface area contributed by atoms with E-state index in [1.165, 1.54) is 12.8 Å². The maximum absolute atomic E-state index is 5.83. The van der Waals surface area contributed by atoms with Gasteiger partial charge in [-0.1, -0.05) is 26.7 Å². The van der Waals surface area contributed by atoms with Crippen LogP contribution < -0.4 is 10.5 Å². The molecule has 0 radical (unpaired) electrons. The Bertz CT molecular complexity index is 554. The molecule has 0 fully saturated rings. The molecule has 0 unspecified atom stereocenters. The van der Waals surface area contributed by atoms with E-state index in [-0.39, 0.29) is 0 Å². The number of hydrogen-bond acceptors (Lipinski definition) is 4. The molecule has 0 aliphatic carbocycles. The summed E-state index contributed by atoms with van der Waals surface area (Å²) in [5, 5.41) is 0.897. The van der Waals surface area contributed by atoms with Crippen molar-refractivity contribution in [1.82, 2.24) is 9.97 Å². The molecular weight excluding hydrogens is 238 g/mol. The third-order valence-electron chi connectivity index (χ3n) is 3.03. The predicted octanol–water partition coefficient (Wildman–Crippen LogP) is 3.34. The molecule has 2 aromatic rings. The van der Waals surface area contributed by atoms with Gasteiger partial charge in [-0.15, -0.1) is 0 Å². The molecule has 4 heteroatoms. The number of hydrogen-bond donors (Lipinski definition) is 1. The molecule has 19 heavy (non-hydrogen) atoms. The Morgan fingerprint density at radius 3 is 2.74 bits per heavy atom. The minimum Gasteiger partial charge on any atom is -0.477 e. The molecule has 1 aromatic carbocycles. The zero-order chi connectivity index (χ0) is 13.7. The van der Waals surface area contributed by atoms with Gasteiger partial charge >= 0.3 is 0 Å². The Hall–Kier alpha value is -1.84. The SMILES string of the molecule is CCCCCOc1nc(CC)nc2ccc(N)cc12. The normalized spacial score (nSPS) is 10.8. The minimum absolute atomic E-state index is 0.658. The van der Waals surface area contributed by atoms with Crippen LogP contribution in [0.2, 0.25) is 0 Å². The Labute approximate surface area is 114 Å². The molecule has 0 aliphatic heterocycles. The zero-order valence-corrected chi connectivity index (χ0v) is 11.6. The van der Waals surface area contributed by atoms with Gasteiger partial charge in [0.1, 0.15) is 5.82 Å². The molecule has 1 aromatic heterocycles. The number of anilines is 1. The molecule has 0 saturated carbocycles. The van der Waals surface area contributed by atoms with Crippen LogP contribution in [-0.4, -0.2) is 16.6 Å². The molecule has 0 aliphatic rings. The van der Waals surface area contributed by atoms with Gasteiger partial charge in [-0.25, -0.2) is 4.98 Å². The van der Waals surface area contributed by atoms with Crippen molar-refractivity contribution in [3.63, 3.8) is 0 Å². The van der Waals surface area contributed by atoms with Gasteiger partial charge in [0.15, 0.2) is 0 Å². The van der Waals surface area contributed by atoms with Crippen LogP contribution in [0.3, 0.4) is 0 Å². The largest absolute Gasteiger partial charge is 0.477 e. The first kappa shape index (κ1) is 13.6. The fourth-order valence-electron chi connectivity index (χ4n) is 1.95. The highest BCUT2D eigenvalue weighted by atomic mass is 16.5. The molecule has 0 atom stereocenters. The van der Waals surface area contributed by atoms with Crippen LogP contribution in [0.15, 0.2) is 18.2 Å². The number of aromatic nitrogens is 2. The quantitative estimate of drug-likeness (QED) is 0.638. The molecule has 0 bridgehead atoms. The highest BCUT2D eigenvalue weighted by Gasteiger charge is 2.08. The van der Waals surface area contributed by atoms with Crippen molar-refractivity contribution in [3.8, 4) is 5.88 Å². The lowest BCUT2D eigenvalue weighted by atomic mass is 10.2. The first-order chi connectivity index (χ1) is 9.24. The maximum atomic E-state index is 5.83. The van der Waals surface area contributed by atoms with Crippen molar-refractivity contribution >= 4 is 16.6 Å². The van der Waals surface area contributed by atoms with E-state index >= 15 is 0 Å². The summed E-state index contributed by atoms with van der Waals surface area (Å²) < 4.78 is 5.81. The number of benzene rings is 1. The van der Waals surface area contributed by atoms with Gasteiger partial charge in [0, 0.05) is 12.1 Å².